The lowest BCUT2D eigenvalue weighted by molar-refractivity contribution is 0.103. The third kappa shape index (κ3) is 3.90. The zero-order valence-electron chi connectivity index (χ0n) is 13.0. The molecule has 0 aliphatic carbocycles. The van der Waals surface area contributed by atoms with E-state index in [2.05, 4.69) is 10.3 Å². The zero-order chi connectivity index (χ0) is 17.8. The van der Waals surface area contributed by atoms with E-state index in [0.29, 0.717) is 27.5 Å². The second-order valence-corrected chi connectivity index (χ2v) is 6.19. The number of nitrogens with two attached hydrogens (primary N) is 1. The van der Waals surface area contributed by atoms with Crippen LogP contribution in [0.2, 0.25) is 0 Å². The summed E-state index contributed by atoms with van der Waals surface area (Å²) in [7, 11) is 0. The normalized spacial score (nSPS) is 11.7. The van der Waals surface area contributed by atoms with Crippen molar-refractivity contribution in [3.05, 3.63) is 77.9 Å². The Bertz CT molecular complexity index is 928. The third-order valence-corrected chi connectivity index (χ3v) is 4.21. The van der Waals surface area contributed by atoms with Crippen molar-refractivity contribution >= 4 is 34.2 Å². The van der Waals surface area contributed by atoms with Gasteiger partial charge in [0.2, 0.25) is 0 Å². The van der Waals surface area contributed by atoms with Crippen LogP contribution in [0.1, 0.15) is 15.9 Å². The molecule has 0 spiro atoms. The number of hydrogen-bond acceptors (Lipinski definition) is 5. The number of aromatic nitrogens is 1. The van der Waals surface area contributed by atoms with Crippen LogP contribution in [0.15, 0.2) is 71.6 Å². The quantitative estimate of drug-likeness (QED) is 0.480. The summed E-state index contributed by atoms with van der Waals surface area (Å²) in [6, 6.07) is 18.5. The summed E-state index contributed by atoms with van der Waals surface area (Å²) in [4.78, 5) is 17.0. The fourth-order valence-corrected chi connectivity index (χ4v) is 2.65. The second kappa shape index (κ2) is 7.25. The first-order chi connectivity index (χ1) is 12.0. The summed E-state index contributed by atoms with van der Waals surface area (Å²) in [5.41, 5.74) is 7.50. The highest BCUT2D eigenvalue weighted by Crippen LogP contribution is 2.21. The minimum absolute atomic E-state index is 0.131. The highest BCUT2D eigenvalue weighted by atomic mass is 32.2. The number of nitrogens with one attached hydrogen (secondary N) is 1. The smallest absolute Gasteiger partial charge is 0.196 e. The largest absolute Gasteiger partial charge is 0.383 e. The summed E-state index contributed by atoms with van der Waals surface area (Å²) in [6.45, 7) is 0. The van der Waals surface area contributed by atoms with Crippen LogP contribution in [0, 0.1) is 0 Å². The Balaban J connectivity index is 1.80. The second-order valence-electron chi connectivity index (χ2n) is 5.22. The number of ketones is 1. The van der Waals surface area contributed by atoms with Gasteiger partial charge in [0.15, 0.2) is 16.9 Å². The molecule has 0 radical (unpaired) electrons. The molecule has 1 aromatic heterocycles. The zero-order valence-corrected chi connectivity index (χ0v) is 13.9. The van der Waals surface area contributed by atoms with Gasteiger partial charge >= 0.3 is 0 Å². The topological polar surface area (TPSA) is 105 Å². The van der Waals surface area contributed by atoms with E-state index in [1.165, 1.54) is 12.1 Å². The lowest BCUT2D eigenvalue weighted by Gasteiger charge is -2.09. The van der Waals surface area contributed by atoms with Crippen LogP contribution in [0.3, 0.4) is 0 Å². The molecule has 0 saturated heterocycles. The first kappa shape index (κ1) is 16.8. The number of pyridine rings is 1. The molecule has 0 aliphatic heterocycles. The first-order valence-corrected chi connectivity index (χ1v) is 8.49. The van der Waals surface area contributed by atoms with Crippen molar-refractivity contribution in [3.8, 4) is 0 Å². The van der Waals surface area contributed by atoms with Crippen LogP contribution in [-0.2, 0) is 11.1 Å². The molecular weight excluding hydrogens is 338 g/mol. The predicted molar refractivity (Wildman–Crippen MR) is 97.3 cm³/mol. The average Bonchev–Trinajstić information content (AvgIpc) is 2.62. The van der Waals surface area contributed by atoms with Crippen LogP contribution >= 0.6 is 0 Å². The molecule has 4 N–H and O–H groups in total. The summed E-state index contributed by atoms with van der Waals surface area (Å²) in [5, 5.41) is 3.03. The van der Waals surface area contributed by atoms with Crippen LogP contribution < -0.4 is 11.1 Å². The van der Waals surface area contributed by atoms with E-state index in [-0.39, 0.29) is 11.6 Å². The lowest BCUT2D eigenvalue weighted by atomic mass is 10.0. The lowest BCUT2D eigenvalue weighted by Crippen LogP contribution is -2.08. The minimum Gasteiger partial charge on any atom is -0.383 e. The van der Waals surface area contributed by atoms with Crippen LogP contribution in [-0.4, -0.2) is 19.5 Å². The van der Waals surface area contributed by atoms with Gasteiger partial charge in [-0.25, -0.2) is 9.19 Å². The molecule has 0 aliphatic rings. The maximum atomic E-state index is 12.4. The monoisotopic (exact) mass is 353 g/mol. The number of anilines is 3. The fraction of sp³-hybridized carbons (Fsp3) is 0. The number of carbonyl (C=O) groups excluding carboxylic acids is 1. The predicted octanol–water partition coefficient (Wildman–Crippen LogP) is 3.22. The maximum Gasteiger partial charge on any atom is 0.196 e. The van der Waals surface area contributed by atoms with E-state index in [0.717, 1.165) is 0 Å². The standard InChI is InChI=1S/C18H15N3O3S/c19-18-15(17(22)12-4-2-1-3-5-12)10-11-16(21-18)20-13-6-8-14(9-7-13)25(23)24/h1-11H,(H,23,24)(H3,19,20,21). The number of rotatable bonds is 5. The summed E-state index contributed by atoms with van der Waals surface area (Å²) < 4.78 is 20.0. The van der Waals surface area contributed by atoms with Gasteiger partial charge in [-0.3, -0.25) is 4.79 Å². The molecule has 0 fully saturated rings. The molecule has 126 valence electrons. The van der Waals surface area contributed by atoms with E-state index < -0.39 is 11.1 Å². The van der Waals surface area contributed by atoms with Gasteiger partial charge in [0, 0.05) is 11.3 Å². The number of nitrogens with zero attached hydrogens (tertiary/aromatic N) is 1. The number of nitrogen functional groups attached to an aromatic ring is 1. The Morgan fingerprint density at radius 2 is 1.68 bits per heavy atom. The number of hydrogen-bond donors (Lipinski definition) is 3. The molecular formula is C18H15N3O3S. The Morgan fingerprint density at radius 1 is 1.00 bits per heavy atom. The molecule has 0 amide bonds. The van der Waals surface area contributed by atoms with E-state index in [9.17, 15) is 9.00 Å². The molecule has 1 unspecified atom stereocenters. The van der Waals surface area contributed by atoms with Crippen molar-refractivity contribution in [3.63, 3.8) is 0 Å². The maximum absolute atomic E-state index is 12.4. The first-order valence-electron chi connectivity index (χ1n) is 7.39. The Morgan fingerprint density at radius 3 is 2.28 bits per heavy atom. The van der Waals surface area contributed by atoms with Crippen LogP contribution in [0.5, 0.6) is 0 Å². The van der Waals surface area contributed by atoms with Gasteiger partial charge in [0.05, 0.1) is 10.5 Å². The molecule has 7 heteroatoms. The molecule has 0 saturated carbocycles. The average molecular weight is 353 g/mol. The van der Waals surface area contributed by atoms with Crippen molar-refractivity contribution in [1.29, 1.82) is 0 Å². The van der Waals surface area contributed by atoms with Crippen molar-refractivity contribution in [2.24, 2.45) is 0 Å². The molecule has 1 heterocycles. The number of benzene rings is 2. The van der Waals surface area contributed by atoms with Gasteiger partial charge in [-0.2, -0.15) is 0 Å². The van der Waals surface area contributed by atoms with Crippen molar-refractivity contribution in [1.82, 2.24) is 4.98 Å². The van der Waals surface area contributed by atoms with Gasteiger partial charge < -0.3 is 15.6 Å². The van der Waals surface area contributed by atoms with Crippen molar-refractivity contribution in [2.45, 2.75) is 4.90 Å². The SMILES string of the molecule is Nc1nc(Nc2ccc(S(=O)O)cc2)ccc1C(=O)c1ccccc1. The van der Waals surface area contributed by atoms with E-state index in [1.807, 2.05) is 6.07 Å². The fourth-order valence-electron chi connectivity index (χ4n) is 2.28. The highest BCUT2D eigenvalue weighted by molar-refractivity contribution is 7.79. The summed E-state index contributed by atoms with van der Waals surface area (Å²) >= 11 is -2.01. The molecule has 3 aromatic rings. The summed E-state index contributed by atoms with van der Waals surface area (Å²) in [6.07, 6.45) is 0. The van der Waals surface area contributed by atoms with E-state index >= 15 is 0 Å². The Kier molecular flexibility index (Phi) is 4.87. The van der Waals surface area contributed by atoms with Gasteiger partial charge in [-0.05, 0) is 36.4 Å². The van der Waals surface area contributed by atoms with Gasteiger partial charge in [0.1, 0.15) is 11.6 Å². The van der Waals surface area contributed by atoms with Crippen molar-refractivity contribution < 1.29 is 13.6 Å². The Labute approximate surface area is 147 Å². The number of carbonyl (C=O) groups is 1. The molecule has 1 atom stereocenters. The van der Waals surface area contributed by atoms with Gasteiger partial charge in [-0.15, -0.1) is 0 Å². The molecule has 0 bridgehead atoms. The van der Waals surface area contributed by atoms with E-state index in [4.69, 9.17) is 10.3 Å². The van der Waals surface area contributed by atoms with Crippen LogP contribution in [0.4, 0.5) is 17.3 Å². The summed E-state index contributed by atoms with van der Waals surface area (Å²) in [5.74, 6) is 0.416. The van der Waals surface area contributed by atoms with Crippen LogP contribution in [0.25, 0.3) is 0 Å². The molecule has 25 heavy (non-hydrogen) atoms. The van der Waals surface area contributed by atoms with Gasteiger partial charge in [-0.1, -0.05) is 30.3 Å². The molecule has 3 rings (SSSR count). The Hall–Kier alpha value is -3.03. The van der Waals surface area contributed by atoms with Crippen molar-refractivity contribution in [2.75, 3.05) is 11.1 Å². The van der Waals surface area contributed by atoms with E-state index in [1.54, 1.807) is 48.5 Å². The third-order valence-electron chi connectivity index (χ3n) is 3.53. The molecule has 6 nitrogen and oxygen atoms in total. The molecule has 2 aromatic carbocycles. The minimum atomic E-state index is -2.01. The van der Waals surface area contributed by atoms with Gasteiger partial charge in [0.25, 0.3) is 0 Å². The highest BCUT2D eigenvalue weighted by Gasteiger charge is 2.13.